The lowest BCUT2D eigenvalue weighted by Crippen LogP contribution is -2.43. The van der Waals surface area contributed by atoms with E-state index in [-0.39, 0.29) is 34.5 Å². The van der Waals surface area contributed by atoms with Crippen LogP contribution in [0.25, 0.3) is 0 Å². The first-order valence-corrected chi connectivity index (χ1v) is 7.96. The number of benzene rings is 1. The van der Waals surface area contributed by atoms with E-state index in [9.17, 15) is 27.6 Å². The number of halogens is 4. The maximum absolute atomic E-state index is 12.4. The lowest BCUT2D eigenvalue weighted by Gasteiger charge is -2.17. The van der Waals surface area contributed by atoms with E-state index in [4.69, 9.17) is 16.7 Å². The SMILES string of the molecule is CC(C)CC(=O)Nc1ccc(Cl)c(C(=O)NC(CC(F)(F)F)C(=O)O)c1. The van der Waals surface area contributed by atoms with Crippen molar-refractivity contribution in [2.75, 3.05) is 5.32 Å². The molecule has 1 aromatic rings. The van der Waals surface area contributed by atoms with E-state index < -0.39 is 30.5 Å². The number of nitrogens with one attached hydrogen (secondary N) is 2. The van der Waals surface area contributed by atoms with E-state index in [0.717, 1.165) is 0 Å². The number of hydrogen-bond donors (Lipinski definition) is 3. The second-order valence-electron chi connectivity index (χ2n) is 6.02. The number of carboxylic acid groups (broad SMARTS) is 1. The van der Waals surface area contributed by atoms with Gasteiger partial charge in [0.2, 0.25) is 5.91 Å². The van der Waals surface area contributed by atoms with Gasteiger partial charge in [-0.2, -0.15) is 13.2 Å². The Labute approximate surface area is 152 Å². The minimum absolute atomic E-state index is 0.0968. The predicted molar refractivity (Wildman–Crippen MR) is 89.1 cm³/mol. The summed E-state index contributed by atoms with van der Waals surface area (Å²) in [6.45, 7) is 3.68. The van der Waals surface area contributed by atoms with Crippen molar-refractivity contribution in [2.45, 2.75) is 38.9 Å². The molecule has 0 aromatic heterocycles. The van der Waals surface area contributed by atoms with E-state index in [0.29, 0.717) is 0 Å². The molecule has 0 aliphatic rings. The van der Waals surface area contributed by atoms with E-state index in [1.54, 1.807) is 5.32 Å². The average molecular weight is 395 g/mol. The first-order chi connectivity index (χ1) is 11.9. The Morgan fingerprint density at radius 1 is 1.23 bits per heavy atom. The van der Waals surface area contributed by atoms with Gasteiger partial charge in [0.1, 0.15) is 6.04 Å². The van der Waals surface area contributed by atoms with Gasteiger partial charge in [-0.05, 0) is 24.1 Å². The standard InChI is InChI=1S/C16H18ClF3N2O4/c1-8(2)5-13(23)21-9-3-4-11(17)10(6-9)14(24)22-12(15(25)26)7-16(18,19)20/h3-4,6,8,12H,5,7H2,1-2H3,(H,21,23)(H,22,24)(H,25,26). The van der Waals surface area contributed by atoms with Crippen molar-refractivity contribution in [1.29, 1.82) is 0 Å². The third kappa shape index (κ3) is 7.30. The number of carbonyl (C=O) groups is 3. The van der Waals surface area contributed by atoms with Crippen molar-refractivity contribution in [3.63, 3.8) is 0 Å². The molecule has 6 nitrogen and oxygen atoms in total. The van der Waals surface area contributed by atoms with Gasteiger partial charge >= 0.3 is 12.1 Å². The van der Waals surface area contributed by atoms with E-state index in [2.05, 4.69) is 5.32 Å². The highest BCUT2D eigenvalue weighted by molar-refractivity contribution is 6.34. The first-order valence-electron chi connectivity index (χ1n) is 7.59. The largest absolute Gasteiger partial charge is 0.480 e. The zero-order valence-electron chi connectivity index (χ0n) is 14.0. The average Bonchev–Trinajstić information content (AvgIpc) is 2.46. The van der Waals surface area contributed by atoms with Gasteiger partial charge in [0.15, 0.2) is 0 Å². The van der Waals surface area contributed by atoms with Crippen LogP contribution in [0.2, 0.25) is 5.02 Å². The number of anilines is 1. The summed E-state index contributed by atoms with van der Waals surface area (Å²) in [6, 6.07) is 1.71. The number of carboxylic acids is 1. The molecule has 0 fully saturated rings. The summed E-state index contributed by atoms with van der Waals surface area (Å²) in [5, 5.41) is 13.1. The Kier molecular flexibility index (Phi) is 7.43. The molecule has 0 radical (unpaired) electrons. The van der Waals surface area contributed by atoms with Crippen LogP contribution in [0.4, 0.5) is 18.9 Å². The van der Waals surface area contributed by atoms with E-state index >= 15 is 0 Å². The van der Waals surface area contributed by atoms with E-state index in [1.807, 2.05) is 13.8 Å². The van der Waals surface area contributed by atoms with Crippen LogP contribution >= 0.6 is 11.6 Å². The Bertz CT molecular complexity index is 693. The molecule has 3 N–H and O–H groups in total. The molecule has 0 bridgehead atoms. The lowest BCUT2D eigenvalue weighted by molar-refractivity contribution is -0.157. The van der Waals surface area contributed by atoms with Crippen molar-refractivity contribution < 1.29 is 32.7 Å². The summed E-state index contributed by atoms with van der Waals surface area (Å²) >= 11 is 5.86. The van der Waals surface area contributed by atoms with Crippen molar-refractivity contribution in [3.8, 4) is 0 Å². The number of rotatable bonds is 7. The fourth-order valence-electron chi connectivity index (χ4n) is 2.03. The number of carbonyl (C=O) groups excluding carboxylic acids is 2. The number of hydrogen-bond acceptors (Lipinski definition) is 3. The van der Waals surface area contributed by atoms with Gasteiger partial charge in [-0.15, -0.1) is 0 Å². The summed E-state index contributed by atoms with van der Waals surface area (Å²) in [4.78, 5) is 34.8. The summed E-state index contributed by atoms with van der Waals surface area (Å²) in [5.41, 5.74) is -0.0321. The molecule has 1 rings (SSSR count). The number of aliphatic carboxylic acids is 1. The molecule has 0 aliphatic heterocycles. The highest BCUT2D eigenvalue weighted by atomic mass is 35.5. The van der Waals surface area contributed by atoms with Gasteiger partial charge < -0.3 is 15.7 Å². The second kappa shape index (κ2) is 8.88. The Hall–Kier alpha value is -2.29. The first kappa shape index (κ1) is 21.8. The smallest absolute Gasteiger partial charge is 0.391 e. The minimum atomic E-state index is -4.77. The highest BCUT2D eigenvalue weighted by Gasteiger charge is 2.36. The van der Waals surface area contributed by atoms with Crippen molar-refractivity contribution >= 4 is 35.1 Å². The normalized spacial score (nSPS) is 12.6. The molecule has 10 heteroatoms. The van der Waals surface area contributed by atoms with Crippen molar-refractivity contribution in [3.05, 3.63) is 28.8 Å². The van der Waals surface area contributed by atoms with Crippen LogP contribution in [-0.4, -0.2) is 35.1 Å². The summed E-state index contributed by atoms with van der Waals surface area (Å²) in [7, 11) is 0. The fourth-order valence-corrected chi connectivity index (χ4v) is 2.23. The molecule has 0 aliphatic carbocycles. The summed E-state index contributed by atoms with van der Waals surface area (Å²) < 4.78 is 37.3. The molecule has 26 heavy (non-hydrogen) atoms. The minimum Gasteiger partial charge on any atom is -0.480 e. The van der Waals surface area contributed by atoms with Gasteiger partial charge in [0.25, 0.3) is 5.91 Å². The second-order valence-corrected chi connectivity index (χ2v) is 6.43. The monoisotopic (exact) mass is 394 g/mol. The topological polar surface area (TPSA) is 95.5 Å². The van der Waals surface area contributed by atoms with Crippen molar-refractivity contribution in [1.82, 2.24) is 5.32 Å². The Balaban J connectivity index is 2.95. The van der Waals surface area contributed by atoms with Crippen LogP contribution in [0.15, 0.2) is 18.2 Å². The van der Waals surface area contributed by atoms with Gasteiger partial charge in [0, 0.05) is 12.1 Å². The molecule has 144 valence electrons. The van der Waals surface area contributed by atoms with Crippen LogP contribution in [0.5, 0.6) is 0 Å². The molecule has 2 amide bonds. The molecule has 1 unspecified atom stereocenters. The van der Waals surface area contributed by atoms with Gasteiger partial charge in [-0.1, -0.05) is 25.4 Å². The number of amides is 2. The molecule has 1 atom stereocenters. The van der Waals surface area contributed by atoms with Crippen LogP contribution in [0, 0.1) is 5.92 Å². The maximum atomic E-state index is 12.4. The molecule has 0 heterocycles. The predicted octanol–water partition coefficient (Wildman–Crippen LogP) is 3.46. The lowest BCUT2D eigenvalue weighted by atomic mass is 10.1. The van der Waals surface area contributed by atoms with Crippen LogP contribution < -0.4 is 10.6 Å². The Morgan fingerprint density at radius 2 is 1.85 bits per heavy atom. The maximum Gasteiger partial charge on any atom is 0.391 e. The van der Waals surface area contributed by atoms with Crippen LogP contribution in [0.3, 0.4) is 0 Å². The van der Waals surface area contributed by atoms with Gasteiger partial charge in [-0.25, -0.2) is 4.79 Å². The van der Waals surface area contributed by atoms with Gasteiger partial charge in [0.05, 0.1) is 17.0 Å². The molecule has 0 saturated carbocycles. The van der Waals surface area contributed by atoms with Crippen molar-refractivity contribution in [2.24, 2.45) is 5.92 Å². The molecule has 0 spiro atoms. The van der Waals surface area contributed by atoms with Gasteiger partial charge in [-0.3, -0.25) is 9.59 Å². The van der Waals surface area contributed by atoms with Crippen LogP contribution in [-0.2, 0) is 9.59 Å². The molecule has 1 aromatic carbocycles. The van der Waals surface area contributed by atoms with Crippen LogP contribution in [0.1, 0.15) is 37.0 Å². The molecular weight excluding hydrogens is 377 g/mol. The highest BCUT2D eigenvalue weighted by Crippen LogP contribution is 2.24. The Morgan fingerprint density at radius 3 is 2.35 bits per heavy atom. The number of alkyl halides is 3. The fraction of sp³-hybridized carbons (Fsp3) is 0.438. The zero-order valence-corrected chi connectivity index (χ0v) is 14.7. The third-order valence-corrected chi connectivity index (χ3v) is 3.46. The van der Waals surface area contributed by atoms with E-state index in [1.165, 1.54) is 18.2 Å². The molecular formula is C16H18ClF3N2O4. The quantitative estimate of drug-likeness (QED) is 0.660. The summed E-state index contributed by atoms with van der Waals surface area (Å²) in [6.07, 6.45) is -6.26. The molecule has 0 saturated heterocycles. The zero-order chi connectivity index (χ0) is 20.1. The summed E-state index contributed by atoms with van der Waals surface area (Å²) in [5.74, 6) is -3.13. The third-order valence-electron chi connectivity index (χ3n) is 3.13.